The van der Waals surface area contributed by atoms with Gasteiger partial charge in [0.05, 0.1) is 5.70 Å². The zero-order valence-corrected chi connectivity index (χ0v) is 16.5. The van der Waals surface area contributed by atoms with Crippen LogP contribution in [-0.4, -0.2) is 98.8 Å². The second-order valence-corrected chi connectivity index (χ2v) is 6.44. The molecule has 0 aromatic heterocycles. The first-order chi connectivity index (χ1) is 13.5. The minimum atomic E-state index is -0.833. The van der Waals surface area contributed by atoms with E-state index in [1.54, 1.807) is 0 Å². The van der Waals surface area contributed by atoms with E-state index >= 15 is 0 Å². The topological polar surface area (TPSA) is 155 Å². The molecule has 3 fully saturated rings. The van der Waals surface area contributed by atoms with Gasteiger partial charge in [-0.15, -0.1) is 0 Å². The maximum absolute atomic E-state index is 12.4. The Morgan fingerprint density at radius 2 is 1.00 bits per heavy atom. The van der Waals surface area contributed by atoms with Gasteiger partial charge in [0.1, 0.15) is 11.4 Å². The average molecular weight is 411 g/mol. The Labute approximate surface area is 167 Å². The third-order valence-electron chi connectivity index (χ3n) is 3.49. The number of carboxylic acids is 3. The molecule has 0 aromatic rings. The standard InChI is InChI=1S/C12H13N3O2.3C2H4O2/c16-9-7-8(13-1-2-13)12(17)11(15-5-6-15)10(9)14-3-4-14;3*1-2(3)4/h7H,1-6H2;3*1H3,(H,3,4). The highest BCUT2D eigenvalue weighted by Gasteiger charge is 2.43. The van der Waals surface area contributed by atoms with E-state index in [9.17, 15) is 9.59 Å². The lowest BCUT2D eigenvalue weighted by atomic mass is 10.0. The van der Waals surface area contributed by atoms with Gasteiger partial charge in [-0.25, -0.2) is 0 Å². The summed E-state index contributed by atoms with van der Waals surface area (Å²) < 4.78 is 0. The van der Waals surface area contributed by atoms with Crippen molar-refractivity contribution in [2.45, 2.75) is 20.8 Å². The quantitative estimate of drug-likeness (QED) is 0.405. The van der Waals surface area contributed by atoms with Gasteiger partial charge < -0.3 is 30.0 Å². The molecule has 0 aromatic carbocycles. The zero-order chi connectivity index (χ0) is 22.3. The summed E-state index contributed by atoms with van der Waals surface area (Å²) >= 11 is 0. The molecule has 1 aliphatic carbocycles. The van der Waals surface area contributed by atoms with Gasteiger partial charge in [-0.05, 0) is 0 Å². The van der Waals surface area contributed by atoms with Crippen molar-refractivity contribution in [1.29, 1.82) is 0 Å². The molecule has 3 saturated heterocycles. The first-order valence-electron chi connectivity index (χ1n) is 8.84. The Bertz CT molecular complexity index is 719. The molecule has 4 rings (SSSR count). The summed E-state index contributed by atoms with van der Waals surface area (Å²) in [6.45, 7) is 8.66. The van der Waals surface area contributed by atoms with Crippen LogP contribution in [0.5, 0.6) is 0 Å². The second kappa shape index (κ2) is 10.2. The Balaban J connectivity index is 0.000000294. The van der Waals surface area contributed by atoms with Crippen LogP contribution in [-0.2, 0) is 24.0 Å². The third-order valence-corrected chi connectivity index (χ3v) is 3.49. The van der Waals surface area contributed by atoms with Crippen molar-refractivity contribution >= 4 is 29.5 Å². The first kappa shape index (κ1) is 23.7. The molecule has 160 valence electrons. The van der Waals surface area contributed by atoms with Gasteiger partial charge >= 0.3 is 0 Å². The Morgan fingerprint density at radius 1 is 0.690 bits per heavy atom. The normalized spacial score (nSPS) is 18.2. The van der Waals surface area contributed by atoms with Crippen molar-refractivity contribution in [2.75, 3.05) is 39.3 Å². The number of carboxylic acid groups (broad SMARTS) is 3. The van der Waals surface area contributed by atoms with Crippen molar-refractivity contribution in [2.24, 2.45) is 0 Å². The molecule has 0 saturated carbocycles. The lowest BCUT2D eigenvalue weighted by Crippen LogP contribution is -2.29. The number of carbonyl (C=O) groups excluding carboxylic acids is 2. The molecule has 3 aliphatic heterocycles. The van der Waals surface area contributed by atoms with E-state index in [2.05, 4.69) is 0 Å². The minimum absolute atomic E-state index is 0.00546. The number of rotatable bonds is 3. The number of hydrogen-bond acceptors (Lipinski definition) is 8. The fourth-order valence-corrected chi connectivity index (χ4v) is 2.28. The lowest BCUT2D eigenvalue weighted by molar-refractivity contribution is -0.135. The van der Waals surface area contributed by atoms with Crippen LogP contribution in [0, 0.1) is 0 Å². The molecule has 0 spiro atoms. The van der Waals surface area contributed by atoms with Gasteiger partial charge in [-0.3, -0.25) is 24.0 Å². The van der Waals surface area contributed by atoms with Crippen LogP contribution in [0.3, 0.4) is 0 Å². The number of carbonyl (C=O) groups is 5. The summed E-state index contributed by atoms with van der Waals surface area (Å²) in [5.74, 6) is -2.45. The van der Waals surface area contributed by atoms with E-state index in [-0.39, 0.29) is 11.6 Å². The summed E-state index contributed by atoms with van der Waals surface area (Å²) in [4.78, 5) is 57.5. The molecular formula is C18H25N3O8. The summed E-state index contributed by atoms with van der Waals surface area (Å²) in [5, 5.41) is 22.2. The Kier molecular flexibility index (Phi) is 8.37. The molecule has 0 amide bonds. The maximum Gasteiger partial charge on any atom is 0.300 e. The van der Waals surface area contributed by atoms with Crippen LogP contribution in [0.2, 0.25) is 0 Å². The van der Waals surface area contributed by atoms with Crippen LogP contribution < -0.4 is 0 Å². The number of Topliss-reactive ketones (excluding diaryl/α,β-unsaturated/α-hetero) is 1. The first-order valence-corrected chi connectivity index (χ1v) is 8.84. The summed E-state index contributed by atoms with van der Waals surface area (Å²) in [6.07, 6.45) is 1.52. The fourth-order valence-electron chi connectivity index (χ4n) is 2.28. The van der Waals surface area contributed by atoms with Crippen LogP contribution >= 0.6 is 0 Å². The van der Waals surface area contributed by atoms with Gasteiger partial charge in [0.15, 0.2) is 0 Å². The largest absolute Gasteiger partial charge is 0.481 e. The average Bonchev–Trinajstić information content (AvgIpc) is 3.43. The van der Waals surface area contributed by atoms with E-state index in [0.29, 0.717) is 17.1 Å². The second-order valence-electron chi connectivity index (χ2n) is 6.44. The van der Waals surface area contributed by atoms with E-state index in [1.807, 2.05) is 14.7 Å². The SMILES string of the molecule is CC(=O)O.CC(=O)O.CC(=O)O.O=C1C=C(N2CC2)C(=O)C(N2CC2)=C1N1CC1. The monoisotopic (exact) mass is 411 g/mol. The van der Waals surface area contributed by atoms with Gasteiger partial charge in [-0.1, -0.05) is 0 Å². The van der Waals surface area contributed by atoms with E-state index < -0.39 is 17.9 Å². The van der Waals surface area contributed by atoms with Gasteiger partial charge in [-0.2, -0.15) is 0 Å². The van der Waals surface area contributed by atoms with E-state index in [1.165, 1.54) is 6.08 Å². The van der Waals surface area contributed by atoms with Gasteiger partial charge in [0, 0.05) is 66.1 Å². The highest BCUT2D eigenvalue weighted by atomic mass is 16.4. The smallest absolute Gasteiger partial charge is 0.300 e. The van der Waals surface area contributed by atoms with Crippen molar-refractivity contribution in [3.63, 3.8) is 0 Å². The summed E-state index contributed by atoms with van der Waals surface area (Å²) in [5.41, 5.74) is 1.89. The summed E-state index contributed by atoms with van der Waals surface area (Å²) in [7, 11) is 0. The molecule has 4 aliphatic rings. The predicted octanol–water partition coefficient (Wildman–Crippen LogP) is -0.547. The highest BCUT2D eigenvalue weighted by molar-refractivity contribution is 6.22. The van der Waals surface area contributed by atoms with Crippen LogP contribution in [0.1, 0.15) is 20.8 Å². The maximum atomic E-state index is 12.4. The molecule has 11 nitrogen and oxygen atoms in total. The lowest BCUT2D eigenvalue weighted by Gasteiger charge is -2.21. The number of nitrogens with zero attached hydrogens (tertiary/aromatic N) is 3. The van der Waals surface area contributed by atoms with Crippen molar-refractivity contribution in [3.8, 4) is 0 Å². The number of hydrogen-bond donors (Lipinski definition) is 3. The Hall–Kier alpha value is -3.37. The molecule has 0 bridgehead atoms. The van der Waals surface area contributed by atoms with Crippen LogP contribution in [0.15, 0.2) is 23.2 Å². The zero-order valence-electron chi connectivity index (χ0n) is 16.5. The van der Waals surface area contributed by atoms with Crippen LogP contribution in [0.4, 0.5) is 0 Å². The molecule has 3 N–H and O–H groups in total. The van der Waals surface area contributed by atoms with Crippen molar-refractivity contribution in [1.82, 2.24) is 14.7 Å². The number of ketones is 2. The molecular weight excluding hydrogens is 386 g/mol. The molecule has 3 heterocycles. The van der Waals surface area contributed by atoms with Crippen molar-refractivity contribution < 1.29 is 39.3 Å². The van der Waals surface area contributed by atoms with Crippen LogP contribution in [0.25, 0.3) is 0 Å². The fraction of sp³-hybridized carbons (Fsp3) is 0.500. The third kappa shape index (κ3) is 8.91. The number of allylic oxidation sites excluding steroid dienone is 1. The predicted molar refractivity (Wildman–Crippen MR) is 99.8 cm³/mol. The molecule has 11 heteroatoms. The Morgan fingerprint density at radius 3 is 1.31 bits per heavy atom. The minimum Gasteiger partial charge on any atom is -0.481 e. The number of aliphatic carboxylic acids is 3. The molecule has 0 unspecified atom stereocenters. The molecule has 0 atom stereocenters. The molecule has 29 heavy (non-hydrogen) atoms. The molecule has 0 radical (unpaired) electrons. The highest BCUT2D eigenvalue weighted by Crippen LogP contribution is 2.33. The van der Waals surface area contributed by atoms with Gasteiger partial charge in [0.2, 0.25) is 11.6 Å². The van der Waals surface area contributed by atoms with Crippen molar-refractivity contribution in [3.05, 3.63) is 23.2 Å². The summed E-state index contributed by atoms with van der Waals surface area (Å²) in [6, 6.07) is 0. The van der Waals surface area contributed by atoms with Gasteiger partial charge in [0.25, 0.3) is 17.9 Å². The van der Waals surface area contributed by atoms with E-state index in [0.717, 1.165) is 60.0 Å². The van der Waals surface area contributed by atoms with E-state index in [4.69, 9.17) is 29.7 Å².